The minimum atomic E-state index is -0.444. The first-order valence-electron chi connectivity index (χ1n) is 8.72. The van der Waals surface area contributed by atoms with E-state index in [2.05, 4.69) is 20.5 Å². The molecule has 0 aliphatic carbocycles. The van der Waals surface area contributed by atoms with Gasteiger partial charge in [0, 0.05) is 5.56 Å². The lowest BCUT2D eigenvalue weighted by Gasteiger charge is -2.05. The number of carbonyl (C=O) groups is 1. The minimum absolute atomic E-state index is 0.175. The molecule has 3 aromatic rings. The fourth-order valence-electron chi connectivity index (χ4n) is 2.45. The summed E-state index contributed by atoms with van der Waals surface area (Å²) >= 11 is 0. The van der Waals surface area contributed by atoms with Crippen molar-refractivity contribution in [3.8, 4) is 22.8 Å². The van der Waals surface area contributed by atoms with Crippen molar-refractivity contribution in [2.24, 2.45) is 5.10 Å². The Balaban J connectivity index is 1.68. The zero-order valence-corrected chi connectivity index (χ0v) is 15.6. The number of nitrogens with one attached hydrogen (secondary N) is 1. The maximum Gasteiger partial charge on any atom is 0.291 e. The molecule has 3 rings (SSSR count). The molecule has 1 amide bonds. The summed E-state index contributed by atoms with van der Waals surface area (Å²) in [4.78, 5) is 20.8. The number of rotatable bonds is 7. The van der Waals surface area contributed by atoms with Gasteiger partial charge in [-0.05, 0) is 48.9 Å². The third-order valence-corrected chi connectivity index (χ3v) is 3.80. The molecule has 0 bridgehead atoms. The molecule has 0 saturated carbocycles. The van der Waals surface area contributed by atoms with Crippen molar-refractivity contribution in [1.82, 2.24) is 15.4 Å². The van der Waals surface area contributed by atoms with Crippen molar-refractivity contribution >= 4 is 12.1 Å². The number of ether oxygens (including phenoxy) is 2. The predicted octanol–water partition coefficient (Wildman–Crippen LogP) is 3.31. The van der Waals surface area contributed by atoms with Crippen LogP contribution in [0.15, 0.2) is 66.0 Å². The lowest BCUT2D eigenvalue weighted by molar-refractivity contribution is 0.0950. The SMILES string of the molecule is CCOc1cccc(C=NNC(=O)c2cncc(-c3ccc(OC)cc3)n2)c1. The molecule has 1 N–H and O–H groups in total. The average Bonchev–Trinajstić information content (AvgIpc) is 2.74. The van der Waals surface area contributed by atoms with Gasteiger partial charge in [-0.2, -0.15) is 5.10 Å². The summed E-state index contributed by atoms with van der Waals surface area (Å²) in [5.74, 6) is 1.05. The smallest absolute Gasteiger partial charge is 0.291 e. The molecule has 2 aromatic carbocycles. The first kappa shape index (κ1) is 19.0. The highest BCUT2D eigenvalue weighted by Gasteiger charge is 2.09. The Kier molecular flexibility index (Phi) is 6.30. The number of aromatic nitrogens is 2. The second kappa shape index (κ2) is 9.27. The molecule has 0 fully saturated rings. The van der Waals surface area contributed by atoms with Crippen LogP contribution in [0.4, 0.5) is 0 Å². The number of amides is 1. The van der Waals surface area contributed by atoms with Gasteiger partial charge < -0.3 is 9.47 Å². The third kappa shape index (κ3) is 4.91. The van der Waals surface area contributed by atoms with Crippen LogP contribution >= 0.6 is 0 Å². The number of benzene rings is 2. The molecule has 0 saturated heterocycles. The molecule has 0 radical (unpaired) electrons. The Hall–Kier alpha value is -3.74. The summed E-state index contributed by atoms with van der Waals surface area (Å²) < 4.78 is 10.6. The van der Waals surface area contributed by atoms with Gasteiger partial charge in [0.05, 0.1) is 38.0 Å². The number of hydrogen-bond acceptors (Lipinski definition) is 6. The van der Waals surface area contributed by atoms with Gasteiger partial charge in [-0.15, -0.1) is 0 Å². The van der Waals surface area contributed by atoms with E-state index in [4.69, 9.17) is 9.47 Å². The topological polar surface area (TPSA) is 85.7 Å². The quantitative estimate of drug-likeness (QED) is 0.505. The summed E-state index contributed by atoms with van der Waals surface area (Å²) in [5.41, 5.74) is 4.87. The van der Waals surface area contributed by atoms with E-state index in [9.17, 15) is 4.79 Å². The molecule has 7 nitrogen and oxygen atoms in total. The molecule has 0 spiro atoms. The van der Waals surface area contributed by atoms with Crippen LogP contribution in [0.25, 0.3) is 11.3 Å². The highest BCUT2D eigenvalue weighted by Crippen LogP contribution is 2.20. The van der Waals surface area contributed by atoms with Gasteiger partial charge in [0.15, 0.2) is 0 Å². The molecule has 28 heavy (non-hydrogen) atoms. The maximum absolute atomic E-state index is 12.3. The number of methoxy groups -OCH3 is 1. The van der Waals surface area contributed by atoms with Crippen LogP contribution in [0, 0.1) is 0 Å². The van der Waals surface area contributed by atoms with Crippen LogP contribution < -0.4 is 14.9 Å². The van der Waals surface area contributed by atoms with Crippen molar-refractivity contribution in [1.29, 1.82) is 0 Å². The zero-order chi connectivity index (χ0) is 19.8. The summed E-state index contributed by atoms with van der Waals surface area (Å²) in [5, 5.41) is 3.98. The molecule has 142 valence electrons. The van der Waals surface area contributed by atoms with E-state index in [0.29, 0.717) is 12.3 Å². The molecule has 0 aliphatic heterocycles. The van der Waals surface area contributed by atoms with Crippen LogP contribution in [0.5, 0.6) is 11.5 Å². The van der Waals surface area contributed by atoms with Crippen LogP contribution in [-0.4, -0.2) is 35.8 Å². The van der Waals surface area contributed by atoms with Crippen molar-refractivity contribution in [2.45, 2.75) is 6.92 Å². The fraction of sp³-hybridized carbons (Fsp3) is 0.143. The van der Waals surface area contributed by atoms with E-state index in [-0.39, 0.29) is 5.69 Å². The third-order valence-electron chi connectivity index (χ3n) is 3.80. The normalized spacial score (nSPS) is 10.6. The van der Waals surface area contributed by atoms with Crippen molar-refractivity contribution in [3.05, 3.63) is 72.2 Å². The first-order valence-corrected chi connectivity index (χ1v) is 8.72. The van der Waals surface area contributed by atoms with Crippen LogP contribution in [-0.2, 0) is 0 Å². The van der Waals surface area contributed by atoms with Gasteiger partial charge >= 0.3 is 0 Å². The van der Waals surface area contributed by atoms with Crippen LogP contribution in [0.2, 0.25) is 0 Å². The van der Waals surface area contributed by atoms with E-state index in [1.807, 2.05) is 55.5 Å². The first-order chi connectivity index (χ1) is 13.7. The highest BCUT2D eigenvalue weighted by molar-refractivity contribution is 5.93. The standard InChI is InChI=1S/C21H20N4O3/c1-3-28-18-6-4-5-15(11-18)12-23-25-21(26)20-14-22-13-19(24-20)16-7-9-17(27-2)10-8-16/h4-14H,3H2,1-2H3,(H,25,26). The predicted molar refractivity (Wildman–Crippen MR) is 107 cm³/mol. The molecule has 0 unspecified atom stereocenters. The maximum atomic E-state index is 12.3. The van der Waals surface area contributed by atoms with Crippen molar-refractivity contribution < 1.29 is 14.3 Å². The lowest BCUT2D eigenvalue weighted by Crippen LogP contribution is -2.19. The Morgan fingerprint density at radius 2 is 1.96 bits per heavy atom. The Bertz CT molecular complexity index is 971. The number of carbonyl (C=O) groups excluding carboxylic acids is 1. The van der Waals surface area contributed by atoms with Gasteiger partial charge in [-0.3, -0.25) is 9.78 Å². The Labute approximate surface area is 163 Å². The summed E-state index contributed by atoms with van der Waals surface area (Å²) in [6.45, 7) is 2.50. The van der Waals surface area contributed by atoms with Crippen molar-refractivity contribution in [2.75, 3.05) is 13.7 Å². The fourth-order valence-corrected chi connectivity index (χ4v) is 2.45. The number of hydrogen-bond donors (Lipinski definition) is 1. The molecule has 7 heteroatoms. The molecular weight excluding hydrogens is 356 g/mol. The van der Waals surface area contributed by atoms with Crippen molar-refractivity contribution in [3.63, 3.8) is 0 Å². The van der Waals surface area contributed by atoms with E-state index in [1.165, 1.54) is 6.20 Å². The zero-order valence-electron chi connectivity index (χ0n) is 15.6. The second-order valence-electron chi connectivity index (χ2n) is 5.72. The average molecular weight is 376 g/mol. The van der Waals surface area contributed by atoms with Crippen LogP contribution in [0.1, 0.15) is 23.0 Å². The monoisotopic (exact) mass is 376 g/mol. The summed E-state index contributed by atoms with van der Waals surface area (Å²) in [7, 11) is 1.60. The van der Waals surface area contributed by atoms with Gasteiger partial charge in [-0.25, -0.2) is 10.4 Å². The Morgan fingerprint density at radius 3 is 2.71 bits per heavy atom. The number of hydrazone groups is 1. The van der Waals surface area contributed by atoms with Gasteiger partial charge in [0.1, 0.15) is 17.2 Å². The largest absolute Gasteiger partial charge is 0.497 e. The molecule has 0 atom stereocenters. The summed E-state index contributed by atoms with van der Waals surface area (Å²) in [6.07, 6.45) is 4.54. The molecule has 1 aromatic heterocycles. The van der Waals surface area contributed by atoms with E-state index in [1.54, 1.807) is 19.5 Å². The lowest BCUT2D eigenvalue weighted by atomic mass is 10.1. The molecular formula is C21H20N4O3. The van der Waals surface area contributed by atoms with Gasteiger partial charge in [0.2, 0.25) is 0 Å². The van der Waals surface area contributed by atoms with Gasteiger partial charge in [-0.1, -0.05) is 12.1 Å². The second-order valence-corrected chi connectivity index (χ2v) is 5.72. The van der Waals surface area contributed by atoms with E-state index < -0.39 is 5.91 Å². The van der Waals surface area contributed by atoms with E-state index in [0.717, 1.165) is 22.6 Å². The Morgan fingerprint density at radius 1 is 1.14 bits per heavy atom. The summed E-state index contributed by atoms with van der Waals surface area (Å²) in [6, 6.07) is 14.8. The minimum Gasteiger partial charge on any atom is -0.497 e. The highest BCUT2D eigenvalue weighted by atomic mass is 16.5. The molecule has 0 aliphatic rings. The van der Waals surface area contributed by atoms with E-state index >= 15 is 0 Å². The molecule has 1 heterocycles. The van der Waals surface area contributed by atoms with Crippen LogP contribution in [0.3, 0.4) is 0 Å². The van der Waals surface area contributed by atoms with Gasteiger partial charge in [0.25, 0.3) is 5.91 Å². The number of nitrogens with zero attached hydrogens (tertiary/aromatic N) is 3.